The van der Waals surface area contributed by atoms with E-state index in [0.29, 0.717) is 28.5 Å². The lowest BCUT2D eigenvalue weighted by Gasteiger charge is -2.07. The fourth-order valence-electron chi connectivity index (χ4n) is 2.39. The minimum absolute atomic E-state index is 0.00913. The molecule has 3 aromatic rings. The van der Waals surface area contributed by atoms with Crippen LogP contribution in [0.25, 0.3) is 0 Å². The third-order valence-corrected chi connectivity index (χ3v) is 3.95. The number of phenolic OH excluding ortho intramolecular Hbond substituents is 1. The van der Waals surface area contributed by atoms with Crippen molar-refractivity contribution in [2.24, 2.45) is 20.5 Å². The number of nitrogens with zero attached hydrogens (tertiary/aromatic N) is 5. The van der Waals surface area contributed by atoms with E-state index in [0.717, 1.165) is 5.56 Å². The molecule has 0 radical (unpaired) electrons. The monoisotopic (exact) mass is 391 g/mol. The van der Waals surface area contributed by atoms with E-state index in [1.54, 1.807) is 24.3 Å². The largest absolute Gasteiger partial charge is 0.508 e. The van der Waals surface area contributed by atoms with Crippen LogP contribution in [0.15, 0.2) is 81.1 Å². The number of non-ortho nitro benzene ring substituents is 1. The normalized spacial score (nSPS) is 11.2. The highest BCUT2D eigenvalue weighted by Crippen LogP contribution is 2.36. The lowest BCUT2D eigenvalue weighted by molar-refractivity contribution is -0.384. The summed E-state index contributed by atoms with van der Waals surface area (Å²) >= 11 is 0. The molecule has 0 aromatic heterocycles. The van der Waals surface area contributed by atoms with Crippen molar-refractivity contribution in [2.75, 3.05) is 7.11 Å². The summed E-state index contributed by atoms with van der Waals surface area (Å²) in [4.78, 5) is 10.2. The smallest absolute Gasteiger partial charge is 0.269 e. The second kappa shape index (κ2) is 8.70. The number of aryl methyl sites for hydroxylation is 1. The van der Waals surface area contributed by atoms with Crippen molar-refractivity contribution in [1.29, 1.82) is 0 Å². The maximum atomic E-state index is 10.7. The molecule has 0 saturated heterocycles. The van der Waals surface area contributed by atoms with Gasteiger partial charge in [0.1, 0.15) is 17.2 Å². The van der Waals surface area contributed by atoms with Crippen molar-refractivity contribution in [3.05, 3.63) is 76.3 Å². The Morgan fingerprint density at radius 1 is 0.862 bits per heavy atom. The van der Waals surface area contributed by atoms with Crippen LogP contribution in [-0.4, -0.2) is 17.1 Å². The van der Waals surface area contributed by atoms with Gasteiger partial charge in [-0.3, -0.25) is 10.1 Å². The Labute approximate surface area is 166 Å². The van der Waals surface area contributed by atoms with E-state index in [1.807, 2.05) is 6.92 Å². The van der Waals surface area contributed by atoms with Crippen LogP contribution in [-0.2, 0) is 0 Å². The number of hydrogen-bond acceptors (Lipinski definition) is 8. The van der Waals surface area contributed by atoms with E-state index < -0.39 is 4.92 Å². The fraction of sp³-hybridized carbons (Fsp3) is 0.100. The van der Waals surface area contributed by atoms with Gasteiger partial charge in [-0.05, 0) is 55.0 Å². The van der Waals surface area contributed by atoms with Crippen molar-refractivity contribution < 1.29 is 14.8 Å². The molecule has 0 amide bonds. The molecule has 9 nitrogen and oxygen atoms in total. The van der Waals surface area contributed by atoms with Crippen LogP contribution in [0.4, 0.5) is 28.4 Å². The number of nitro benzene ring substituents is 1. The van der Waals surface area contributed by atoms with Gasteiger partial charge < -0.3 is 9.84 Å². The summed E-state index contributed by atoms with van der Waals surface area (Å²) in [6, 6.07) is 15.6. The summed E-state index contributed by atoms with van der Waals surface area (Å²) in [6.07, 6.45) is 0. The standard InChI is InChI=1S/C20H17N5O4/c1-13-11-19(24-22-15-5-9-17(26)10-6-15)20(29-2)12-18(13)23-21-14-3-7-16(8-4-14)25(27)28/h3-12,26H,1-2H3. The third-order valence-electron chi connectivity index (χ3n) is 3.95. The van der Waals surface area contributed by atoms with Gasteiger partial charge in [0.2, 0.25) is 0 Å². The van der Waals surface area contributed by atoms with E-state index in [-0.39, 0.29) is 11.4 Å². The topological polar surface area (TPSA) is 122 Å². The second-order valence-electron chi connectivity index (χ2n) is 6.00. The number of ether oxygens (including phenoxy) is 1. The molecule has 1 N–H and O–H groups in total. The molecule has 146 valence electrons. The van der Waals surface area contributed by atoms with Gasteiger partial charge in [-0.1, -0.05) is 0 Å². The second-order valence-corrected chi connectivity index (χ2v) is 6.00. The number of nitro groups is 1. The first-order valence-corrected chi connectivity index (χ1v) is 8.52. The highest BCUT2D eigenvalue weighted by molar-refractivity contribution is 5.63. The lowest BCUT2D eigenvalue weighted by atomic mass is 10.1. The summed E-state index contributed by atoms with van der Waals surface area (Å²) in [5.41, 5.74) is 2.96. The molecule has 0 aliphatic carbocycles. The number of methoxy groups -OCH3 is 1. The van der Waals surface area contributed by atoms with Crippen molar-refractivity contribution in [2.45, 2.75) is 6.92 Å². The maximum Gasteiger partial charge on any atom is 0.269 e. The third kappa shape index (κ3) is 4.98. The van der Waals surface area contributed by atoms with Crippen molar-refractivity contribution >= 4 is 28.4 Å². The maximum absolute atomic E-state index is 10.7. The zero-order chi connectivity index (χ0) is 20.8. The molecule has 29 heavy (non-hydrogen) atoms. The Bertz CT molecular complexity index is 1080. The average Bonchev–Trinajstić information content (AvgIpc) is 2.73. The molecule has 0 heterocycles. The quantitative estimate of drug-likeness (QED) is 0.295. The summed E-state index contributed by atoms with van der Waals surface area (Å²) in [6.45, 7) is 1.85. The summed E-state index contributed by atoms with van der Waals surface area (Å²) < 4.78 is 5.37. The predicted octanol–water partition coefficient (Wildman–Crippen LogP) is 6.45. The van der Waals surface area contributed by atoms with Crippen LogP contribution in [0.1, 0.15) is 5.56 Å². The van der Waals surface area contributed by atoms with Crippen molar-refractivity contribution in [3.63, 3.8) is 0 Å². The molecular weight excluding hydrogens is 374 g/mol. The number of rotatable bonds is 6. The van der Waals surface area contributed by atoms with E-state index in [1.165, 1.54) is 43.5 Å². The number of phenols is 1. The van der Waals surface area contributed by atoms with Gasteiger partial charge in [-0.15, -0.1) is 5.11 Å². The van der Waals surface area contributed by atoms with Gasteiger partial charge in [0.05, 0.1) is 29.1 Å². The average molecular weight is 391 g/mol. The number of hydrogen-bond donors (Lipinski definition) is 1. The minimum Gasteiger partial charge on any atom is -0.508 e. The number of azo groups is 2. The molecule has 0 atom stereocenters. The van der Waals surface area contributed by atoms with E-state index >= 15 is 0 Å². The summed E-state index contributed by atoms with van der Waals surface area (Å²) in [7, 11) is 1.52. The molecule has 0 unspecified atom stereocenters. The van der Waals surface area contributed by atoms with E-state index in [4.69, 9.17) is 4.74 Å². The van der Waals surface area contributed by atoms with E-state index in [9.17, 15) is 15.2 Å². The molecule has 3 rings (SSSR count). The molecule has 0 aliphatic rings. The molecule has 3 aromatic carbocycles. The van der Waals surface area contributed by atoms with Crippen molar-refractivity contribution in [1.82, 2.24) is 0 Å². The minimum atomic E-state index is -0.471. The zero-order valence-corrected chi connectivity index (χ0v) is 15.7. The first kappa shape index (κ1) is 19.6. The van der Waals surface area contributed by atoms with Gasteiger partial charge in [0.15, 0.2) is 0 Å². The van der Waals surface area contributed by atoms with Crippen LogP contribution in [0, 0.1) is 17.0 Å². The zero-order valence-electron chi connectivity index (χ0n) is 15.7. The predicted molar refractivity (Wildman–Crippen MR) is 107 cm³/mol. The van der Waals surface area contributed by atoms with Crippen LogP contribution < -0.4 is 4.74 Å². The van der Waals surface area contributed by atoms with Crippen LogP contribution in [0.5, 0.6) is 11.5 Å². The summed E-state index contributed by atoms with van der Waals surface area (Å²) in [5.74, 6) is 0.621. The molecule has 0 spiro atoms. The van der Waals surface area contributed by atoms with Crippen LogP contribution >= 0.6 is 0 Å². The first-order valence-electron chi connectivity index (χ1n) is 8.52. The van der Waals surface area contributed by atoms with Crippen molar-refractivity contribution in [3.8, 4) is 11.5 Å². The van der Waals surface area contributed by atoms with Crippen LogP contribution in [0.2, 0.25) is 0 Å². The molecule has 0 aliphatic heterocycles. The fourth-order valence-corrected chi connectivity index (χ4v) is 2.39. The Balaban J connectivity index is 1.83. The summed E-state index contributed by atoms with van der Waals surface area (Å²) in [5, 5.41) is 36.7. The molecule has 9 heteroatoms. The highest BCUT2D eigenvalue weighted by atomic mass is 16.6. The van der Waals surface area contributed by atoms with Gasteiger partial charge in [-0.25, -0.2) is 0 Å². The number of aromatic hydroxyl groups is 1. The Hall–Kier alpha value is -4.14. The highest BCUT2D eigenvalue weighted by Gasteiger charge is 2.08. The Morgan fingerprint density at radius 2 is 1.41 bits per heavy atom. The van der Waals surface area contributed by atoms with Gasteiger partial charge >= 0.3 is 0 Å². The van der Waals surface area contributed by atoms with Gasteiger partial charge in [0.25, 0.3) is 5.69 Å². The molecular formula is C20H17N5O4. The first-order chi connectivity index (χ1) is 14.0. The lowest BCUT2D eigenvalue weighted by Crippen LogP contribution is -1.86. The SMILES string of the molecule is COc1cc(N=Nc2ccc([N+](=O)[O-])cc2)c(C)cc1N=Nc1ccc(O)cc1. The van der Waals surface area contributed by atoms with Crippen LogP contribution in [0.3, 0.4) is 0 Å². The van der Waals surface area contributed by atoms with Gasteiger partial charge in [-0.2, -0.15) is 15.3 Å². The molecule has 0 bridgehead atoms. The Morgan fingerprint density at radius 3 is 1.97 bits per heavy atom. The molecule has 0 saturated carbocycles. The number of benzene rings is 3. The molecule has 0 fully saturated rings. The van der Waals surface area contributed by atoms with E-state index in [2.05, 4.69) is 20.5 Å². The Kier molecular flexibility index (Phi) is 5.88. The van der Waals surface area contributed by atoms with Gasteiger partial charge in [0, 0.05) is 18.2 Å².